The summed E-state index contributed by atoms with van der Waals surface area (Å²) in [5, 5.41) is 15.2. The molecule has 0 aromatic carbocycles. The third-order valence-electron chi connectivity index (χ3n) is 4.27. The molecule has 0 aliphatic rings. The Morgan fingerprint density at radius 2 is 1.39 bits per heavy atom. The number of nitrogens with zero attached hydrogens (tertiary/aromatic N) is 7. The van der Waals surface area contributed by atoms with Gasteiger partial charge in [0.1, 0.15) is 5.52 Å². The lowest BCUT2D eigenvalue weighted by molar-refractivity contribution is 0.590. The van der Waals surface area contributed by atoms with Crippen LogP contribution in [0.25, 0.3) is 11.2 Å². The summed E-state index contributed by atoms with van der Waals surface area (Å²) in [6.45, 7) is 3.26. The van der Waals surface area contributed by atoms with E-state index < -0.39 is 0 Å². The van der Waals surface area contributed by atoms with E-state index in [1.807, 2.05) is 46.0 Å². The first kappa shape index (κ1) is 17.9. The lowest BCUT2D eigenvalue weighted by Gasteiger charge is -2.13. The van der Waals surface area contributed by atoms with Gasteiger partial charge in [0, 0.05) is 57.2 Å². The van der Waals surface area contributed by atoms with Gasteiger partial charge in [-0.25, -0.2) is 15.0 Å². The molecule has 0 radical (unpaired) electrons. The van der Waals surface area contributed by atoms with Gasteiger partial charge in [-0.05, 0) is 37.1 Å². The van der Waals surface area contributed by atoms with Crippen LogP contribution in [-0.4, -0.2) is 47.6 Å². The van der Waals surface area contributed by atoms with E-state index in [2.05, 4.69) is 30.8 Å². The molecule has 4 aromatic heterocycles. The van der Waals surface area contributed by atoms with Gasteiger partial charge in [0.2, 0.25) is 0 Å². The second kappa shape index (κ2) is 8.94. The van der Waals surface area contributed by atoms with Crippen LogP contribution in [0.5, 0.6) is 0 Å². The molecule has 4 heterocycles. The minimum Gasteiger partial charge on any atom is -0.367 e. The Morgan fingerprint density at radius 1 is 0.750 bits per heavy atom. The van der Waals surface area contributed by atoms with E-state index >= 15 is 0 Å². The number of aromatic nitrogens is 7. The first-order chi connectivity index (χ1) is 13.9. The van der Waals surface area contributed by atoms with Crippen LogP contribution in [0.1, 0.15) is 12.8 Å². The molecular formula is C19H23N9. The van der Waals surface area contributed by atoms with Crippen molar-refractivity contribution in [1.82, 2.24) is 34.5 Å². The van der Waals surface area contributed by atoms with Gasteiger partial charge in [0.15, 0.2) is 17.3 Å². The minimum absolute atomic E-state index is 0.638. The number of fused-ring (bicyclic) bond motifs is 1. The summed E-state index contributed by atoms with van der Waals surface area (Å²) in [7, 11) is 0. The summed E-state index contributed by atoms with van der Waals surface area (Å²) < 4.78 is 3.84. The Kier molecular flexibility index (Phi) is 5.71. The van der Waals surface area contributed by atoms with E-state index in [4.69, 9.17) is 4.98 Å². The molecule has 0 fully saturated rings. The third kappa shape index (κ3) is 4.61. The number of anilines is 2. The Labute approximate surface area is 162 Å². The van der Waals surface area contributed by atoms with Crippen molar-refractivity contribution in [2.75, 3.05) is 23.7 Å². The lowest BCUT2D eigenvalue weighted by atomic mass is 10.3. The van der Waals surface area contributed by atoms with E-state index in [1.165, 1.54) is 0 Å². The predicted molar refractivity (Wildman–Crippen MR) is 108 cm³/mol. The zero-order chi connectivity index (χ0) is 19.0. The lowest BCUT2D eigenvalue weighted by Crippen LogP contribution is -2.13. The summed E-state index contributed by atoms with van der Waals surface area (Å²) >= 11 is 0. The van der Waals surface area contributed by atoms with Crippen LogP contribution in [0.3, 0.4) is 0 Å². The van der Waals surface area contributed by atoms with Gasteiger partial charge < -0.3 is 10.6 Å². The second-order valence-corrected chi connectivity index (χ2v) is 6.37. The van der Waals surface area contributed by atoms with Gasteiger partial charge in [-0.15, -0.1) is 0 Å². The largest absolute Gasteiger partial charge is 0.367 e. The number of hydrogen-bond donors (Lipinski definition) is 2. The monoisotopic (exact) mass is 377 g/mol. The van der Waals surface area contributed by atoms with Gasteiger partial charge in [-0.3, -0.25) is 9.36 Å². The van der Waals surface area contributed by atoms with Crippen LogP contribution in [0, 0.1) is 0 Å². The van der Waals surface area contributed by atoms with Crippen molar-refractivity contribution in [2.45, 2.75) is 25.9 Å². The van der Waals surface area contributed by atoms with Gasteiger partial charge in [-0.2, -0.15) is 10.2 Å². The molecule has 144 valence electrons. The molecule has 0 amide bonds. The molecule has 0 bridgehead atoms. The van der Waals surface area contributed by atoms with Crippen LogP contribution >= 0.6 is 0 Å². The average Bonchev–Trinajstić information content (AvgIpc) is 3.42. The van der Waals surface area contributed by atoms with E-state index in [0.29, 0.717) is 5.65 Å². The second-order valence-electron chi connectivity index (χ2n) is 6.37. The van der Waals surface area contributed by atoms with Gasteiger partial charge >= 0.3 is 0 Å². The normalized spacial score (nSPS) is 11.0. The van der Waals surface area contributed by atoms with Crippen molar-refractivity contribution >= 4 is 22.8 Å². The van der Waals surface area contributed by atoms with Crippen LogP contribution in [-0.2, 0) is 13.1 Å². The maximum absolute atomic E-state index is 4.70. The molecule has 4 rings (SSSR count). The minimum atomic E-state index is 0.638. The molecule has 0 saturated carbocycles. The summed E-state index contributed by atoms with van der Waals surface area (Å²) in [5.41, 5.74) is 1.42. The number of pyridine rings is 1. The highest BCUT2D eigenvalue weighted by Crippen LogP contribution is 2.20. The van der Waals surface area contributed by atoms with E-state index in [-0.39, 0.29) is 0 Å². The molecule has 2 N–H and O–H groups in total. The highest BCUT2D eigenvalue weighted by atomic mass is 15.3. The zero-order valence-electron chi connectivity index (χ0n) is 15.6. The smallest absolute Gasteiger partial charge is 0.180 e. The van der Waals surface area contributed by atoms with Crippen LogP contribution in [0.2, 0.25) is 0 Å². The number of hydrogen-bond acceptors (Lipinski definition) is 7. The average molecular weight is 377 g/mol. The van der Waals surface area contributed by atoms with Crippen LogP contribution in [0.4, 0.5) is 11.6 Å². The predicted octanol–water partition coefficient (Wildman–Crippen LogP) is 2.42. The Balaban J connectivity index is 1.38. The highest BCUT2D eigenvalue weighted by Gasteiger charge is 2.09. The van der Waals surface area contributed by atoms with Crippen molar-refractivity contribution in [2.24, 2.45) is 0 Å². The summed E-state index contributed by atoms with van der Waals surface area (Å²) in [6.07, 6.45) is 11.1. The number of aryl methyl sites for hydroxylation is 2. The fourth-order valence-electron chi connectivity index (χ4n) is 2.90. The molecule has 0 atom stereocenters. The zero-order valence-corrected chi connectivity index (χ0v) is 15.6. The SMILES string of the molecule is c1cnc2nc(NCCCn3cccn3)c(NCCCn3cccn3)nc2c1. The summed E-state index contributed by atoms with van der Waals surface area (Å²) in [5.74, 6) is 1.48. The number of nitrogens with one attached hydrogen (secondary N) is 2. The van der Waals surface area contributed by atoms with Crippen molar-refractivity contribution in [1.29, 1.82) is 0 Å². The highest BCUT2D eigenvalue weighted by molar-refractivity contribution is 5.76. The van der Waals surface area contributed by atoms with Crippen molar-refractivity contribution in [3.63, 3.8) is 0 Å². The van der Waals surface area contributed by atoms with Gasteiger partial charge in [0.25, 0.3) is 0 Å². The van der Waals surface area contributed by atoms with Crippen molar-refractivity contribution in [3.05, 3.63) is 55.2 Å². The fourth-order valence-corrected chi connectivity index (χ4v) is 2.90. The quantitative estimate of drug-likeness (QED) is 0.410. The molecule has 9 heteroatoms. The molecule has 0 spiro atoms. The Hall–Kier alpha value is -3.49. The van der Waals surface area contributed by atoms with Gasteiger partial charge in [-0.1, -0.05) is 0 Å². The molecule has 0 aliphatic heterocycles. The van der Waals surface area contributed by atoms with Crippen molar-refractivity contribution < 1.29 is 0 Å². The molecule has 4 aromatic rings. The Morgan fingerprint density at radius 3 is 2.00 bits per heavy atom. The van der Waals surface area contributed by atoms with Crippen LogP contribution < -0.4 is 10.6 Å². The summed E-state index contributed by atoms with van der Waals surface area (Å²) in [6, 6.07) is 7.65. The molecule has 0 unspecified atom stereocenters. The fraction of sp³-hybridized carbons (Fsp3) is 0.316. The van der Waals surface area contributed by atoms with Gasteiger partial charge in [0.05, 0.1) is 0 Å². The third-order valence-corrected chi connectivity index (χ3v) is 4.27. The topological polar surface area (TPSA) is 98.4 Å². The maximum Gasteiger partial charge on any atom is 0.180 e. The first-order valence-electron chi connectivity index (χ1n) is 9.44. The molecule has 0 aliphatic carbocycles. The Bertz CT molecular complexity index is 899. The van der Waals surface area contributed by atoms with E-state index in [0.717, 1.165) is 56.2 Å². The summed E-state index contributed by atoms with van der Waals surface area (Å²) in [4.78, 5) is 13.7. The molecule has 28 heavy (non-hydrogen) atoms. The van der Waals surface area contributed by atoms with Crippen molar-refractivity contribution in [3.8, 4) is 0 Å². The maximum atomic E-state index is 4.70. The van der Waals surface area contributed by atoms with Crippen LogP contribution in [0.15, 0.2) is 55.2 Å². The molecular weight excluding hydrogens is 354 g/mol. The molecule has 0 saturated heterocycles. The first-order valence-corrected chi connectivity index (χ1v) is 9.44. The molecule has 9 nitrogen and oxygen atoms in total. The van der Waals surface area contributed by atoms with E-state index in [1.54, 1.807) is 18.6 Å². The number of rotatable bonds is 10. The standard InChI is InChI=1S/C19H23N9/c1-6-16-17(20-7-1)26-19(22-9-3-13-28-15-5-11-24-28)18(25-16)21-8-2-12-27-14-4-10-23-27/h1,4-7,10-11,14-15H,2-3,8-9,12-13H2,(H,21,25)(H,20,22,26). The van der Waals surface area contributed by atoms with E-state index in [9.17, 15) is 0 Å².